The van der Waals surface area contributed by atoms with Crippen LogP contribution in [0.25, 0.3) is 0 Å². The molecule has 0 aliphatic heterocycles. The van der Waals surface area contributed by atoms with Crippen molar-refractivity contribution in [2.45, 2.75) is 19.9 Å². The van der Waals surface area contributed by atoms with Crippen molar-refractivity contribution in [2.24, 2.45) is 0 Å². The van der Waals surface area contributed by atoms with Crippen LogP contribution in [-0.4, -0.2) is 17.9 Å². The van der Waals surface area contributed by atoms with Crippen molar-refractivity contribution in [3.8, 4) is 0 Å². The molecule has 19 heavy (non-hydrogen) atoms. The molecule has 2 aromatic rings. The first-order valence-electron chi connectivity index (χ1n) is 6.17. The average molecular weight is 274 g/mol. The van der Waals surface area contributed by atoms with Gasteiger partial charge in [-0.05, 0) is 49.1 Å². The van der Waals surface area contributed by atoms with Crippen LogP contribution in [0.4, 0.5) is 5.69 Å². The van der Waals surface area contributed by atoms with E-state index in [1.165, 1.54) is 4.88 Å². The first-order chi connectivity index (χ1) is 9.00. The smallest absolute Gasteiger partial charge is 0.254 e. The monoisotopic (exact) mass is 274 g/mol. The number of rotatable bonds is 3. The van der Waals surface area contributed by atoms with E-state index >= 15 is 0 Å². The van der Waals surface area contributed by atoms with E-state index < -0.39 is 0 Å². The first-order valence-corrected chi connectivity index (χ1v) is 7.05. The van der Waals surface area contributed by atoms with Crippen molar-refractivity contribution in [3.63, 3.8) is 0 Å². The van der Waals surface area contributed by atoms with Gasteiger partial charge in [-0.15, -0.1) is 11.3 Å². The Morgan fingerprint density at radius 3 is 2.68 bits per heavy atom. The summed E-state index contributed by atoms with van der Waals surface area (Å²) in [6.45, 7) is 3.95. The molecule has 2 rings (SSSR count). The Hall–Kier alpha value is -1.81. The number of anilines is 1. The third kappa shape index (κ3) is 2.79. The van der Waals surface area contributed by atoms with Gasteiger partial charge in [0.2, 0.25) is 0 Å². The van der Waals surface area contributed by atoms with Crippen molar-refractivity contribution in [3.05, 3.63) is 51.7 Å². The van der Waals surface area contributed by atoms with Crippen molar-refractivity contribution in [2.75, 3.05) is 12.8 Å². The fourth-order valence-corrected chi connectivity index (χ4v) is 2.84. The zero-order valence-electron chi connectivity index (χ0n) is 11.4. The third-order valence-corrected chi connectivity index (χ3v) is 4.38. The van der Waals surface area contributed by atoms with Crippen molar-refractivity contribution in [1.82, 2.24) is 4.90 Å². The Balaban J connectivity index is 2.24. The van der Waals surface area contributed by atoms with Gasteiger partial charge in [0.25, 0.3) is 5.91 Å². The quantitative estimate of drug-likeness (QED) is 0.871. The normalized spacial score (nSPS) is 12.2. The van der Waals surface area contributed by atoms with E-state index in [9.17, 15) is 4.79 Å². The van der Waals surface area contributed by atoms with Gasteiger partial charge in [0.1, 0.15) is 0 Å². The molecule has 0 saturated heterocycles. The molecule has 4 heteroatoms. The van der Waals surface area contributed by atoms with Gasteiger partial charge in [-0.1, -0.05) is 6.07 Å². The summed E-state index contributed by atoms with van der Waals surface area (Å²) in [5.74, 6) is 0.0263. The predicted octanol–water partition coefficient (Wildman–Crippen LogP) is 3.47. The molecule has 100 valence electrons. The van der Waals surface area contributed by atoms with Crippen LogP contribution < -0.4 is 5.73 Å². The summed E-state index contributed by atoms with van der Waals surface area (Å²) in [6, 6.07) is 9.52. The van der Waals surface area contributed by atoms with Gasteiger partial charge in [-0.3, -0.25) is 4.79 Å². The number of hydrogen-bond donors (Lipinski definition) is 1. The second-order valence-corrected chi connectivity index (χ2v) is 5.66. The lowest BCUT2D eigenvalue weighted by atomic mass is 10.1. The molecule has 1 atom stereocenters. The van der Waals surface area contributed by atoms with E-state index in [1.54, 1.807) is 28.4 Å². The number of carbonyl (C=O) groups is 1. The van der Waals surface area contributed by atoms with E-state index in [2.05, 4.69) is 6.07 Å². The third-order valence-electron chi connectivity index (χ3n) is 3.34. The lowest BCUT2D eigenvalue weighted by Crippen LogP contribution is -2.29. The van der Waals surface area contributed by atoms with Crippen LogP contribution in [0.2, 0.25) is 0 Å². The highest BCUT2D eigenvalue weighted by molar-refractivity contribution is 7.10. The lowest BCUT2D eigenvalue weighted by Gasteiger charge is -2.25. The summed E-state index contributed by atoms with van der Waals surface area (Å²) >= 11 is 1.66. The standard InChI is InChI=1S/C15H18N2OS/c1-10-9-12(16)6-7-13(10)15(18)17(3)11(2)14-5-4-8-19-14/h4-9,11H,16H2,1-3H3. The highest BCUT2D eigenvalue weighted by Gasteiger charge is 2.20. The number of aryl methyl sites for hydroxylation is 1. The minimum atomic E-state index is 0.0263. The second-order valence-electron chi connectivity index (χ2n) is 4.68. The molecular formula is C15H18N2OS. The van der Waals surface area contributed by atoms with Crippen LogP contribution in [0, 0.1) is 6.92 Å². The molecule has 1 aromatic heterocycles. The SMILES string of the molecule is Cc1cc(N)ccc1C(=O)N(C)C(C)c1cccs1. The maximum Gasteiger partial charge on any atom is 0.254 e. The van der Waals surface area contributed by atoms with Crippen LogP contribution in [-0.2, 0) is 0 Å². The molecule has 0 aliphatic carbocycles. The van der Waals surface area contributed by atoms with E-state index in [1.807, 2.05) is 38.4 Å². The maximum atomic E-state index is 12.5. The number of nitrogens with two attached hydrogens (primary N) is 1. The van der Waals surface area contributed by atoms with Gasteiger partial charge in [-0.2, -0.15) is 0 Å². The largest absolute Gasteiger partial charge is 0.399 e. The zero-order chi connectivity index (χ0) is 14.0. The number of hydrogen-bond acceptors (Lipinski definition) is 3. The molecule has 1 unspecified atom stereocenters. The molecule has 2 N–H and O–H groups in total. The molecule has 1 heterocycles. The van der Waals surface area contributed by atoms with Gasteiger partial charge in [-0.25, -0.2) is 0 Å². The number of benzene rings is 1. The summed E-state index contributed by atoms with van der Waals surface area (Å²) < 4.78 is 0. The molecule has 0 spiro atoms. The number of carbonyl (C=O) groups excluding carboxylic acids is 1. The molecule has 0 saturated carbocycles. The number of thiophene rings is 1. The molecule has 0 radical (unpaired) electrons. The summed E-state index contributed by atoms with van der Waals surface area (Å²) in [6.07, 6.45) is 0. The minimum absolute atomic E-state index is 0.0263. The van der Waals surface area contributed by atoms with Crippen LogP contribution in [0.1, 0.15) is 33.8 Å². The van der Waals surface area contributed by atoms with Gasteiger partial charge in [0, 0.05) is 23.2 Å². The lowest BCUT2D eigenvalue weighted by molar-refractivity contribution is 0.0744. The Kier molecular flexibility index (Phi) is 3.90. The van der Waals surface area contributed by atoms with Gasteiger partial charge in [0.15, 0.2) is 0 Å². The summed E-state index contributed by atoms with van der Waals surface area (Å²) in [5, 5.41) is 2.03. The van der Waals surface area contributed by atoms with Crippen LogP contribution >= 0.6 is 11.3 Å². The second kappa shape index (κ2) is 5.45. The Morgan fingerprint density at radius 1 is 1.37 bits per heavy atom. The van der Waals surface area contributed by atoms with Gasteiger partial charge in [0.05, 0.1) is 6.04 Å². The molecule has 0 fully saturated rings. The number of nitrogen functional groups attached to an aromatic ring is 1. The topological polar surface area (TPSA) is 46.3 Å². The fourth-order valence-electron chi connectivity index (χ4n) is 2.01. The van der Waals surface area contributed by atoms with E-state index in [4.69, 9.17) is 5.73 Å². The number of amides is 1. The Labute approximate surface area is 117 Å². The van der Waals surface area contributed by atoms with Gasteiger partial charge < -0.3 is 10.6 Å². The maximum absolute atomic E-state index is 12.5. The van der Waals surface area contributed by atoms with E-state index in [0.717, 1.165) is 5.56 Å². The minimum Gasteiger partial charge on any atom is -0.399 e. The molecule has 0 bridgehead atoms. The highest BCUT2D eigenvalue weighted by atomic mass is 32.1. The molecule has 3 nitrogen and oxygen atoms in total. The fraction of sp³-hybridized carbons (Fsp3) is 0.267. The van der Waals surface area contributed by atoms with Crippen molar-refractivity contribution in [1.29, 1.82) is 0 Å². The van der Waals surface area contributed by atoms with Crippen LogP contribution in [0.5, 0.6) is 0 Å². The van der Waals surface area contributed by atoms with Crippen LogP contribution in [0.15, 0.2) is 35.7 Å². The van der Waals surface area contributed by atoms with E-state index in [0.29, 0.717) is 11.3 Å². The van der Waals surface area contributed by atoms with Crippen molar-refractivity contribution < 1.29 is 4.79 Å². The Bertz CT molecular complexity index is 578. The average Bonchev–Trinajstić information content (AvgIpc) is 2.90. The van der Waals surface area contributed by atoms with Gasteiger partial charge >= 0.3 is 0 Å². The highest BCUT2D eigenvalue weighted by Crippen LogP contribution is 2.25. The number of nitrogens with zero attached hydrogens (tertiary/aromatic N) is 1. The van der Waals surface area contributed by atoms with Crippen molar-refractivity contribution >= 4 is 22.9 Å². The van der Waals surface area contributed by atoms with E-state index in [-0.39, 0.29) is 11.9 Å². The van der Waals surface area contributed by atoms with Crippen LogP contribution in [0.3, 0.4) is 0 Å². The summed E-state index contributed by atoms with van der Waals surface area (Å²) in [7, 11) is 1.84. The zero-order valence-corrected chi connectivity index (χ0v) is 12.2. The summed E-state index contributed by atoms with van der Waals surface area (Å²) in [5.41, 5.74) is 8.02. The Morgan fingerprint density at radius 2 is 2.11 bits per heavy atom. The summed E-state index contributed by atoms with van der Waals surface area (Å²) in [4.78, 5) is 15.5. The molecular weight excluding hydrogens is 256 g/mol. The predicted molar refractivity (Wildman–Crippen MR) is 80.4 cm³/mol. The molecule has 1 aromatic carbocycles. The molecule has 0 aliphatic rings. The first kappa shape index (κ1) is 13.6. The molecule has 1 amide bonds.